The summed E-state index contributed by atoms with van der Waals surface area (Å²) in [6.45, 7) is 8.74. The number of nitrogens with zero attached hydrogens (tertiary/aromatic N) is 2. The Labute approximate surface area is 119 Å². The third kappa shape index (κ3) is 3.82. The van der Waals surface area contributed by atoms with Crippen molar-refractivity contribution in [3.8, 4) is 0 Å². The molecule has 0 aromatic carbocycles. The molecule has 2 N–H and O–H groups in total. The van der Waals surface area contributed by atoms with E-state index in [2.05, 4.69) is 48.7 Å². The maximum absolute atomic E-state index is 6.19. The Kier molecular flexibility index (Phi) is 5.41. The minimum Gasteiger partial charge on any atom is -0.327 e. The van der Waals surface area contributed by atoms with Gasteiger partial charge in [0.2, 0.25) is 0 Å². The first-order chi connectivity index (χ1) is 8.27. The van der Waals surface area contributed by atoms with E-state index in [1.54, 1.807) is 0 Å². The zero-order chi connectivity index (χ0) is 13.9. The first-order valence-electron chi connectivity index (χ1n) is 6.73. The van der Waals surface area contributed by atoms with Crippen LogP contribution >= 0.6 is 15.9 Å². The van der Waals surface area contributed by atoms with Crippen LogP contribution in [0.15, 0.2) is 4.47 Å². The number of aromatic nitrogens is 2. The molecule has 1 heterocycles. The molecule has 0 amide bonds. The van der Waals surface area contributed by atoms with Crippen LogP contribution in [0, 0.1) is 5.41 Å². The van der Waals surface area contributed by atoms with Crippen molar-refractivity contribution in [1.29, 1.82) is 0 Å². The number of hydrogen-bond acceptors (Lipinski definition) is 2. The van der Waals surface area contributed by atoms with Crippen LogP contribution in [0.2, 0.25) is 0 Å². The fraction of sp³-hybridized carbons (Fsp3) is 0.786. The summed E-state index contributed by atoms with van der Waals surface area (Å²) in [7, 11) is 2.02. The lowest BCUT2D eigenvalue weighted by molar-refractivity contribution is 0.300. The van der Waals surface area contributed by atoms with E-state index in [1.165, 1.54) is 10.2 Å². The number of rotatable bonds is 5. The fourth-order valence-corrected chi connectivity index (χ4v) is 2.83. The Balaban J connectivity index is 2.57. The van der Waals surface area contributed by atoms with Crippen LogP contribution in [0.25, 0.3) is 0 Å². The van der Waals surface area contributed by atoms with Gasteiger partial charge in [0.1, 0.15) is 0 Å². The Morgan fingerprint density at radius 3 is 2.44 bits per heavy atom. The van der Waals surface area contributed by atoms with Crippen molar-refractivity contribution < 1.29 is 0 Å². The van der Waals surface area contributed by atoms with Crippen molar-refractivity contribution in [3.63, 3.8) is 0 Å². The summed E-state index contributed by atoms with van der Waals surface area (Å²) >= 11 is 3.65. The van der Waals surface area contributed by atoms with Gasteiger partial charge in [0.05, 0.1) is 15.9 Å². The van der Waals surface area contributed by atoms with E-state index < -0.39 is 0 Å². The van der Waals surface area contributed by atoms with Crippen molar-refractivity contribution in [1.82, 2.24) is 9.78 Å². The molecule has 0 saturated carbocycles. The van der Waals surface area contributed by atoms with Crippen molar-refractivity contribution in [2.24, 2.45) is 18.2 Å². The van der Waals surface area contributed by atoms with Gasteiger partial charge in [0.25, 0.3) is 0 Å². The summed E-state index contributed by atoms with van der Waals surface area (Å²) in [5.74, 6) is 0. The van der Waals surface area contributed by atoms with E-state index in [4.69, 9.17) is 5.73 Å². The SMILES string of the molecule is CCc1nn(C)c(CCCC(N)C(C)(C)C)c1Br. The second-order valence-electron chi connectivity index (χ2n) is 6.05. The molecule has 0 aliphatic carbocycles. The predicted molar refractivity (Wildman–Crippen MR) is 80.7 cm³/mol. The van der Waals surface area contributed by atoms with Gasteiger partial charge >= 0.3 is 0 Å². The average Bonchev–Trinajstić information content (AvgIpc) is 2.54. The van der Waals surface area contributed by atoms with E-state index in [0.29, 0.717) is 0 Å². The van der Waals surface area contributed by atoms with Crippen LogP contribution < -0.4 is 5.73 Å². The smallest absolute Gasteiger partial charge is 0.0766 e. The van der Waals surface area contributed by atoms with Crippen molar-refractivity contribution in [2.45, 2.75) is 59.4 Å². The Morgan fingerprint density at radius 1 is 1.39 bits per heavy atom. The van der Waals surface area contributed by atoms with Crippen LogP contribution in [0.4, 0.5) is 0 Å². The zero-order valence-corrected chi connectivity index (χ0v) is 13.8. The lowest BCUT2D eigenvalue weighted by Gasteiger charge is -2.26. The molecule has 1 aromatic heterocycles. The minimum absolute atomic E-state index is 0.193. The quantitative estimate of drug-likeness (QED) is 0.904. The minimum atomic E-state index is 0.193. The maximum atomic E-state index is 6.19. The lowest BCUT2D eigenvalue weighted by Crippen LogP contribution is -2.34. The second-order valence-corrected chi connectivity index (χ2v) is 6.84. The molecule has 0 saturated heterocycles. The Hall–Kier alpha value is -0.350. The van der Waals surface area contributed by atoms with Crippen LogP contribution in [0.1, 0.15) is 51.9 Å². The van der Waals surface area contributed by atoms with Crippen LogP contribution in [0.3, 0.4) is 0 Å². The summed E-state index contributed by atoms with van der Waals surface area (Å²) in [6, 6.07) is 0.259. The van der Waals surface area contributed by atoms with Gasteiger partial charge < -0.3 is 5.73 Å². The van der Waals surface area contributed by atoms with Crippen molar-refractivity contribution >= 4 is 15.9 Å². The van der Waals surface area contributed by atoms with E-state index in [0.717, 1.165) is 31.4 Å². The Bertz CT molecular complexity index is 390. The number of hydrogen-bond donors (Lipinski definition) is 1. The van der Waals surface area contributed by atoms with Gasteiger partial charge in [-0.25, -0.2) is 0 Å². The van der Waals surface area contributed by atoms with E-state index in [9.17, 15) is 0 Å². The molecule has 0 fully saturated rings. The van der Waals surface area contributed by atoms with Crippen molar-refractivity contribution in [2.75, 3.05) is 0 Å². The summed E-state index contributed by atoms with van der Waals surface area (Å²) in [6.07, 6.45) is 4.17. The molecular formula is C14H26BrN3. The van der Waals surface area contributed by atoms with Crippen LogP contribution in [-0.2, 0) is 19.9 Å². The third-order valence-electron chi connectivity index (χ3n) is 3.54. The number of aryl methyl sites for hydroxylation is 2. The third-order valence-corrected chi connectivity index (χ3v) is 4.46. The predicted octanol–water partition coefficient (Wildman–Crippen LogP) is 3.44. The van der Waals surface area contributed by atoms with E-state index in [1.807, 2.05) is 11.7 Å². The molecular weight excluding hydrogens is 290 g/mol. The van der Waals surface area contributed by atoms with Gasteiger partial charge in [-0.05, 0) is 47.0 Å². The molecule has 18 heavy (non-hydrogen) atoms. The highest BCUT2D eigenvalue weighted by Gasteiger charge is 2.20. The summed E-state index contributed by atoms with van der Waals surface area (Å²) in [5, 5.41) is 4.51. The van der Waals surface area contributed by atoms with Gasteiger partial charge in [-0.1, -0.05) is 27.7 Å². The van der Waals surface area contributed by atoms with Crippen molar-refractivity contribution in [3.05, 3.63) is 15.9 Å². The Morgan fingerprint density at radius 2 is 2.00 bits per heavy atom. The normalized spacial score (nSPS) is 13.9. The summed E-state index contributed by atoms with van der Waals surface area (Å²) in [5.41, 5.74) is 8.81. The largest absolute Gasteiger partial charge is 0.327 e. The summed E-state index contributed by atoms with van der Waals surface area (Å²) in [4.78, 5) is 0. The van der Waals surface area contributed by atoms with Gasteiger partial charge in [0.15, 0.2) is 0 Å². The molecule has 0 spiro atoms. The molecule has 1 rings (SSSR count). The molecule has 0 aliphatic rings. The monoisotopic (exact) mass is 315 g/mol. The number of halogens is 1. The maximum Gasteiger partial charge on any atom is 0.0766 e. The van der Waals surface area contributed by atoms with E-state index >= 15 is 0 Å². The lowest BCUT2D eigenvalue weighted by atomic mass is 9.84. The van der Waals surface area contributed by atoms with Gasteiger partial charge in [0, 0.05) is 13.1 Å². The van der Waals surface area contributed by atoms with E-state index in [-0.39, 0.29) is 11.5 Å². The van der Waals surface area contributed by atoms with Gasteiger partial charge in [-0.3, -0.25) is 4.68 Å². The highest BCUT2D eigenvalue weighted by atomic mass is 79.9. The average molecular weight is 316 g/mol. The molecule has 1 aromatic rings. The second kappa shape index (κ2) is 6.20. The molecule has 0 bridgehead atoms. The van der Waals surface area contributed by atoms with Gasteiger partial charge in [-0.2, -0.15) is 5.10 Å². The standard InChI is InChI=1S/C14H26BrN3/c1-6-10-13(15)11(18(5)17-10)8-7-9-12(16)14(2,3)4/h12H,6-9,16H2,1-5H3. The highest BCUT2D eigenvalue weighted by Crippen LogP contribution is 2.25. The molecule has 1 atom stereocenters. The fourth-order valence-electron chi connectivity index (χ4n) is 2.01. The van der Waals surface area contributed by atoms with Crippen LogP contribution in [-0.4, -0.2) is 15.8 Å². The highest BCUT2D eigenvalue weighted by molar-refractivity contribution is 9.10. The molecule has 0 aliphatic heterocycles. The van der Waals surface area contributed by atoms with Gasteiger partial charge in [-0.15, -0.1) is 0 Å². The first kappa shape index (κ1) is 15.7. The molecule has 4 heteroatoms. The first-order valence-corrected chi connectivity index (χ1v) is 7.52. The molecule has 3 nitrogen and oxygen atoms in total. The molecule has 0 radical (unpaired) electrons. The topological polar surface area (TPSA) is 43.8 Å². The number of nitrogens with two attached hydrogens (primary N) is 1. The molecule has 1 unspecified atom stereocenters. The van der Waals surface area contributed by atoms with Crippen LogP contribution in [0.5, 0.6) is 0 Å². The summed E-state index contributed by atoms with van der Waals surface area (Å²) < 4.78 is 3.17. The zero-order valence-electron chi connectivity index (χ0n) is 12.3. The molecule has 104 valence electrons.